The number of non-ortho nitro benzene ring substituents is 1. The van der Waals surface area contributed by atoms with Gasteiger partial charge in [0.15, 0.2) is 0 Å². The molecule has 0 aliphatic rings. The van der Waals surface area contributed by atoms with Gasteiger partial charge < -0.3 is 14.8 Å². The topological polar surface area (TPSA) is 108 Å². The molecule has 0 aromatic heterocycles. The van der Waals surface area contributed by atoms with Crippen LogP contribution in [-0.4, -0.2) is 46.7 Å². The molecule has 0 fully saturated rings. The number of benzene rings is 1. The number of nitrogens with zero attached hydrogens (tertiary/aromatic N) is 1. The maximum atomic E-state index is 12.3. The lowest BCUT2D eigenvalue weighted by Gasteiger charge is -2.27. The number of esters is 1. The minimum absolute atomic E-state index is 0.107. The van der Waals surface area contributed by atoms with Crippen LogP contribution in [0.15, 0.2) is 24.3 Å². The Morgan fingerprint density at radius 1 is 1.26 bits per heavy atom. The molecule has 8 nitrogen and oxygen atoms in total. The van der Waals surface area contributed by atoms with Crippen molar-refractivity contribution in [3.8, 4) is 0 Å². The number of hydrogen-bond donors (Lipinski definition) is 1. The summed E-state index contributed by atoms with van der Waals surface area (Å²) in [5.41, 5.74) is -0.537. The molecule has 1 rings (SSSR count). The number of amides is 1. The number of rotatable bonds is 8. The molecule has 2 atom stereocenters. The maximum Gasteiger partial charge on any atom is 0.408 e. The van der Waals surface area contributed by atoms with Crippen molar-refractivity contribution in [2.24, 2.45) is 0 Å². The van der Waals surface area contributed by atoms with E-state index in [1.54, 1.807) is 39.5 Å². The summed E-state index contributed by atoms with van der Waals surface area (Å²) < 4.78 is 10.7. The Bertz CT molecular complexity index is 657. The zero-order valence-electron chi connectivity index (χ0n) is 16.2. The number of nitro benzene ring substituents is 1. The molecule has 27 heavy (non-hydrogen) atoms. The molecule has 1 N–H and O–H groups in total. The molecule has 1 aromatic rings. The number of hydrogen-bond acceptors (Lipinski definition) is 7. The Labute approximate surface area is 163 Å². The zero-order chi connectivity index (χ0) is 20.6. The van der Waals surface area contributed by atoms with Gasteiger partial charge in [-0.05, 0) is 58.3 Å². The Kier molecular flexibility index (Phi) is 8.55. The van der Waals surface area contributed by atoms with Crippen molar-refractivity contribution in [1.82, 2.24) is 5.32 Å². The highest BCUT2D eigenvalue weighted by atomic mass is 32.2. The van der Waals surface area contributed by atoms with E-state index in [0.717, 1.165) is 5.75 Å². The SMILES string of the molecule is CSCC[C@H](NC(=O)OC(C)(C)C)C(C)OC(=O)c1ccc([N+](=O)[O-])cc1. The number of nitrogens with one attached hydrogen (secondary N) is 1. The minimum atomic E-state index is -0.632. The van der Waals surface area contributed by atoms with Gasteiger partial charge in [-0.25, -0.2) is 9.59 Å². The fourth-order valence-corrected chi connectivity index (χ4v) is 2.66. The summed E-state index contributed by atoms with van der Waals surface area (Å²) in [6, 6.07) is 4.74. The summed E-state index contributed by atoms with van der Waals surface area (Å²) in [7, 11) is 0. The van der Waals surface area contributed by atoms with Gasteiger partial charge in [0.1, 0.15) is 11.7 Å². The first-order chi connectivity index (χ1) is 12.5. The van der Waals surface area contributed by atoms with Crippen LogP contribution in [0.2, 0.25) is 0 Å². The van der Waals surface area contributed by atoms with Gasteiger partial charge in [-0.2, -0.15) is 11.8 Å². The van der Waals surface area contributed by atoms with Crippen LogP contribution in [0.1, 0.15) is 44.5 Å². The first-order valence-electron chi connectivity index (χ1n) is 8.47. The molecule has 0 aliphatic carbocycles. The van der Waals surface area contributed by atoms with Crippen LogP contribution in [0.4, 0.5) is 10.5 Å². The first-order valence-corrected chi connectivity index (χ1v) is 9.86. The number of alkyl carbamates (subject to hydrolysis) is 1. The van der Waals surface area contributed by atoms with Gasteiger partial charge in [0, 0.05) is 12.1 Å². The molecule has 150 valence electrons. The largest absolute Gasteiger partial charge is 0.457 e. The molecule has 1 aromatic carbocycles. The van der Waals surface area contributed by atoms with Crippen molar-refractivity contribution in [2.75, 3.05) is 12.0 Å². The molecular weight excluding hydrogens is 372 g/mol. The van der Waals surface area contributed by atoms with E-state index >= 15 is 0 Å². The summed E-state index contributed by atoms with van der Waals surface area (Å²) in [6.07, 6.45) is 1.35. The number of carbonyl (C=O) groups is 2. The minimum Gasteiger partial charge on any atom is -0.457 e. The van der Waals surface area contributed by atoms with Gasteiger partial charge in [-0.1, -0.05) is 0 Å². The third-order valence-electron chi connectivity index (χ3n) is 3.51. The average Bonchev–Trinajstić information content (AvgIpc) is 2.56. The predicted molar refractivity (Wildman–Crippen MR) is 104 cm³/mol. The van der Waals surface area contributed by atoms with Gasteiger partial charge in [-0.3, -0.25) is 10.1 Å². The van der Waals surface area contributed by atoms with E-state index in [2.05, 4.69) is 5.32 Å². The van der Waals surface area contributed by atoms with Crippen molar-refractivity contribution < 1.29 is 24.0 Å². The zero-order valence-corrected chi connectivity index (χ0v) is 17.0. The van der Waals surface area contributed by atoms with Crippen molar-refractivity contribution in [2.45, 2.75) is 51.9 Å². The van der Waals surface area contributed by atoms with E-state index < -0.39 is 34.7 Å². The summed E-state index contributed by atoms with van der Waals surface area (Å²) in [6.45, 7) is 6.98. The van der Waals surface area contributed by atoms with Crippen LogP contribution >= 0.6 is 11.8 Å². The standard InChI is InChI=1S/C18H26N2O6S/c1-12(15(10-11-27-5)19-17(22)26-18(2,3)4)25-16(21)13-6-8-14(9-7-13)20(23)24/h6-9,12,15H,10-11H2,1-5H3,(H,19,22)/t12?,15-/m0/s1. The summed E-state index contributed by atoms with van der Waals surface area (Å²) in [5, 5.41) is 13.4. The molecule has 0 heterocycles. The summed E-state index contributed by atoms with van der Waals surface area (Å²) in [4.78, 5) is 34.5. The molecule has 1 amide bonds. The first kappa shape index (κ1) is 22.8. The van der Waals surface area contributed by atoms with Gasteiger partial charge in [0.05, 0.1) is 16.5 Å². The molecule has 1 unspecified atom stereocenters. The van der Waals surface area contributed by atoms with Gasteiger partial charge in [-0.15, -0.1) is 0 Å². The molecule has 0 saturated carbocycles. The lowest BCUT2D eigenvalue weighted by atomic mass is 10.1. The summed E-state index contributed by atoms with van der Waals surface area (Å²) >= 11 is 1.61. The molecular formula is C18H26N2O6S. The van der Waals surface area contributed by atoms with Gasteiger partial charge in [0.25, 0.3) is 5.69 Å². The normalized spacial score (nSPS) is 13.4. The monoisotopic (exact) mass is 398 g/mol. The van der Waals surface area contributed by atoms with E-state index in [1.165, 1.54) is 24.3 Å². The van der Waals surface area contributed by atoms with E-state index in [-0.39, 0.29) is 11.3 Å². The fourth-order valence-electron chi connectivity index (χ4n) is 2.17. The van der Waals surface area contributed by atoms with Crippen molar-refractivity contribution in [3.63, 3.8) is 0 Å². The predicted octanol–water partition coefficient (Wildman–Crippen LogP) is 3.79. The Hall–Kier alpha value is -2.29. The second-order valence-electron chi connectivity index (χ2n) is 6.95. The van der Waals surface area contributed by atoms with Crippen LogP contribution in [0.25, 0.3) is 0 Å². The third kappa shape index (κ3) is 8.29. The second-order valence-corrected chi connectivity index (χ2v) is 7.93. The van der Waals surface area contributed by atoms with E-state index in [9.17, 15) is 19.7 Å². The van der Waals surface area contributed by atoms with E-state index in [4.69, 9.17) is 9.47 Å². The van der Waals surface area contributed by atoms with Crippen LogP contribution in [0.3, 0.4) is 0 Å². The molecule has 0 radical (unpaired) electrons. The molecule has 9 heteroatoms. The van der Waals surface area contributed by atoms with Gasteiger partial charge in [0.2, 0.25) is 0 Å². The molecule has 0 spiro atoms. The van der Waals surface area contributed by atoms with Crippen LogP contribution in [0.5, 0.6) is 0 Å². The second kappa shape index (κ2) is 10.1. The quantitative estimate of drug-likeness (QED) is 0.403. The smallest absolute Gasteiger partial charge is 0.408 e. The molecule has 0 saturated heterocycles. The van der Waals surface area contributed by atoms with Crippen LogP contribution < -0.4 is 5.32 Å². The van der Waals surface area contributed by atoms with Gasteiger partial charge >= 0.3 is 12.1 Å². The highest BCUT2D eigenvalue weighted by molar-refractivity contribution is 7.98. The highest BCUT2D eigenvalue weighted by Gasteiger charge is 2.26. The highest BCUT2D eigenvalue weighted by Crippen LogP contribution is 2.16. The lowest BCUT2D eigenvalue weighted by Crippen LogP contribution is -2.46. The lowest BCUT2D eigenvalue weighted by molar-refractivity contribution is -0.384. The van der Waals surface area contributed by atoms with Crippen LogP contribution in [0, 0.1) is 10.1 Å². The molecule has 0 bridgehead atoms. The third-order valence-corrected chi connectivity index (χ3v) is 4.15. The maximum absolute atomic E-state index is 12.3. The van der Waals surface area contributed by atoms with Crippen LogP contribution in [-0.2, 0) is 9.47 Å². The van der Waals surface area contributed by atoms with Crippen molar-refractivity contribution >= 4 is 29.5 Å². The number of nitro groups is 1. The Morgan fingerprint density at radius 3 is 2.33 bits per heavy atom. The summed E-state index contributed by atoms with van der Waals surface area (Å²) in [5.74, 6) is 0.150. The van der Waals surface area contributed by atoms with Crippen molar-refractivity contribution in [1.29, 1.82) is 0 Å². The Morgan fingerprint density at radius 2 is 1.85 bits per heavy atom. The number of thioether (sulfide) groups is 1. The van der Waals surface area contributed by atoms with E-state index in [0.29, 0.717) is 6.42 Å². The van der Waals surface area contributed by atoms with Crippen molar-refractivity contribution in [3.05, 3.63) is 39.9 Å². The molecule has 0 aliphatic heterocycles. The fraction of sp³-hybridized carbons (Fsp3) is 0.556. The Balaban J connectivity index is 2.76. The number of carbonyl (C=O) groups excluding carboxylic acids is 2. The average molecular weight is 398 g/mol. The number of ether oxygens (including phenoxy) is 2. The van der Waals surface area contributed by atoms with E-state index in [1.807, 2.05) is 6.26 Å².